The van der Waals surface area contributed by atoms with Gasteiger partial charge in [0.2, 0.25) is 0 Å². The summed E-state index contributed by atoms with van der Waals surface area (Å²) in [6.45, 7) is 0. The molecule has 3 rings (SSSR count). The molecule has 2 aromatic rings. The molecule has 1 fully saturated rings. The van der Waals surface area contributed by atoms with Crippen molar-refractivity contribution < 1.29 is 9.90 Å². The highest BCUT2D eigenvalue weighted by atomic mass is 16.4. The van der Waals surface area contributed by atoms with E-state index in [0.29, 0.717) is 17.3 Å². The number of nitrogens with zero attached hydrogens (tertiary/aromatic N) is 1. The van der Waals surface area contributed by atoms with Gasteiger partial charge in [-0.15, -0.1) is 0 Å². The van der Waals surface area contributed by atoms with Crippen molar-refractivity contribution in [2.24, 2.45) is 0 Å². The van der Waals surface area contributed by atoms with Crippen LogP contribution in [0.4, 0.5) is 5.82 Å². The van der Waals surface area contributed by atoms with Crippen LogP contribution in [-0.2, 0) is 4.79 Å². The number of carboxylic acids is 1. The van der Waals surface area contributed by atoms with Gasteiger partial charge in [-0.25, -0.2) is 9.78 Å². The second kappa shape index (κ2) is 5.40. The molecule has 1 aliphatic carbocycles. The van der Waals surface area contributed by atoms with Crippen molar-refractivity contribution in [3.8, 4) is 0 Å². The number of rotatable bonds is 5. The molecule has 0 radical (unpaired) electrons. The summed E-state index contributed by atoms with van der Waals surface area (Å²) in [5.41, 5.74) is 0.339. The fraction of sp³-hybridized carbons (Fsp3) is 0.267. The van der Waals surface area contributed by atoms with Gasteiger partial charge >= 0.3 is 5.97 Å². The van der Waals surface area contributed by atoms with E-state index in [4.69, 9.17) is 0 Å². The fourth-order valence-electron chi connectivity index (χ4n) is 2.18. The van der Waals surface area contributed by atoms with Gasteiger partial charge in [-0.05, 0) is 18.4 Å². The standard InChI is InChI=1S/C15H15N3O3/c19-12-8-11(17-14(18-12)10-6-7-10)16-13(15(20)21)9-4-2-1-3-5-9/h1-5,8,10,13H,6-7H2,(H,20,21)(H2,16,17,18,19). The third-order valence-electron chi connectivity index (χ3n) is 3.40. The van der Waals surface area contributed by atoms with Crippen LogP contribution < -0.4 is 10.9 Å². The Balaban J connectivity index is 1.89. The predicted molar refractivity (Wildman–Crippen MR) is 77.3 cm³/mol. The topological polar surface area (TPSA) is 95.1 Å². The molecule has 1 heterocycles. The van der Waals surface area contributed by atoms with Crippen molar-refractivity contribution in [2.45, 2.75) is 24.8 Å². The largest absolute Gasteiger partial charge is 0.479 e. The molecule has 1 aliphatic rings. The molecule has 0 spiro atoms. The first kappa shape index (κ1) is 13.4. The van der Waals surface area contributed by atoms with Gasteiger partial charge in [0.1, 0.15) is 11.6 Å². The molecule has 1 aromatic carbocycles. The molecule has 21 heavy (non-hydrogen) atoms. The van der Waals surface area contributed by atoms with E-state index in [1.54, 1.807) is 24.3 Å². The van der Waals surface area contributed by atoms with E-state index in [1.165, 1.54) is 6.07 Å². The Morgan fingerprint density at radius 2 is 2.05 bits per heavy atom. The summed E-state index contributed by atoms with van der Waals surface area (Å²) in [5, 5.41) is 12.2. The number of hydrogen-bond donors (Lipinski definition) is 3. The van der Waals surface area contributed by atoms with Crippen LogP contribution in [-0.4, -0.2) is 21.0 Å². The van der Waals surface area contributed by atoms with Crippen LogP contribution in [0.1, 0.15) is 36.2 Å². The Labute approximate surface area is 120 Å². The molecule has 1 saturated carbocycles. The maximum Gasteiger partial charge on any atom is 0.330 e. The van der Waals surface area contributed by atoms with Gasteiger partial charge in [0.25, 0.3) is 5.56 Å². The van der Waals surface area contributed by atoms with Crippen LogP contribution in [0.5, 0.6) is 0 Å². The lowest BCUT2D eigenvalue weighted by Gasteiger charge is -2.15. The summed E-state index contributed by atoms with van der Waals surface area (Å²) in [5.74, 6) is 0.190. The maximum atomic E-state index is 11.6. The van der Waals surface area contributed by atoms with Gasteiger partial charge in [-0.1, -0.05) is 30.3 Å². The Morgan fingerprint density at radius 3 is 2.67 bits per heavy atom. The first-order chi connectivity index (χ1) is 10.1. The second-order valence-electron chi connectivity index (χ2n) is 5.12. The minimum atomic E-state index is -1.02. The summed E-state index contributed by atoms with van der Waals surface area (Å²) < 4.78 is 0. The zero-order chi connectivity index (χ0) is 14.8. The fourth-order valence-corrected chi connectivity index (χ4v) is 2.18. The van der Waals surface area contributed by atoms with E-state index in [0.717, 1.165) is 12.8 Å². The molecule has 0 bridgehead atoms. The van der Waals surface area contributed by atoms with Crippen LogP contribution in [0.2, 0.25) is 0 Å². The smallest absolute Gasteiger partial charge is 0.330 e. The van der Waals surface area contributed by atoms with Crippen molar-refractivity contribution in [2.75, 3.05) is 5.32 Å². The molecular weight excluding hydrogens is 270 g/mol. The zero-order valence-corrected chi connectivity index (χ0v) is 11.2. The summed E-state index contributed by atoms with van der Waals surface area (Å²) in [6, 6.07) is 9.15. The van der Waals surface area contributed by atoms with Crippen molar-refractivity contribution >= 4 is 11.8 Å². The monoisotopic (exact) mass is 285 g/mol. The third-order valence-corrected chi connectivity index (χ3v) is 3.40. The van der Waals surface area contributed by atoms with Crippen LogP contribution in [0.15, 0.2) is 41.2 Å². The number of benzene rings is 1. The number of aliphatic carboxylic acids is 1. The highest BCUT2D eigenvalue weighted by molar-refractivity contribution is 5.78. The predicted octanol–water partition coefficient (Wildman–Crippen LogP) is 1.89. The van der Waals surface area contributed by atoms with Crippen LogP contribution >= 0.6 is 0 Å². The molecule has 1 unspecified atom stereocenters. The third kappa shape index (κ3) is 3.10. The summed E-state index contributed by atoms with van der Waals surface area (Å²) in [4.78, 5) is 30.1. The summed E-state index contributed by atoms with van der Waals surface area (Å²) in [6.07, 6.45) is 2.01. The minimum Gasteiger partial charge on any atom is -0.479 e. The van der Waals surface area contributed by atoms with Gasteiger partial charge in [-0.2, -0.15) is 0 Å². The summed E-state index contributed by atoms with van der Waals surface area (Å²) in [7, 11) is 0. The number of hydrogen-bond acceptors (Lipinski definition) is 4. The maximum absolute atomic E-state index is 11.6. The first-order valence-corrected chi connectivity index (χ1v) is 6.79. The highest BCUT2D eigenvalue weighted by Crippen LogP contribution is 2.37. The van der Waals surface area contributed by atoms with Crippen LogP contribution in [0.25, 0.3) is 0 Å². The Kier molecular flexibility index (Phi) is 3.43. The van der Waals surface area contributed by atoms with Crippen molar-refractivity contribution in [1.29, 1.82) is 0 Å². The van der Waals surface area contributed by atoms with Gasteiger partial charge < -0.3 is 15.4 Å². The molecule has 1 atom stereocenters. The van der Waals surface area contributed by atoms with E-state index in [1.807, 2.05) is 6.07 Å². The Hall–Kier alpha value is -2.63. The van der Waals surface area contributed by atoms with E-state index in [9.17, 15) is 14.7 Å². The van der Waals surface area contributed by atoms with Gasteiger partial charge in [0.05, 0.1) is 0 Å². The number of nitrogens with one attached hydrogen (secondary N) is 2. The lowest BCUT2D eigenvalue weighted by atomic mass is 10.1. The quantitative estimate of drug-likeness (QED) is 0.779. The summed E-state index contributed by atoms with van der Waals surface area (Å²) >= 11 is 0. The number of anilines is 1. The minimum absolute atomic E-state index is 0.272. The normalized spacial score (nSPS) is 15.4. The molecular formula is C15H15N3O3. The van der Waals surface area contributed by atoms with Gasteiger partial charge in [0, 0.05) is 12.0 Å². The molecule has 0 saturated heterocycles. The number of aromatic amines is 1. The van der Waals surface area contributed by atoms with Crippen LogP contribution in [0.3, 0.4) is 0 Å². The van der Waals surface area contributed by atoms with Crippen molar-refractivity contribution in [3.63, 3.8) is 0 Å². The lowest BCUT2D eigenvalue weighted by molar-refractivity contribution is -0.138. The lowest BCUT2D eigenvalue weighted by Crippen LogP contribution is -2.23. The number of carboxylic acid groups (broad SMARTS) is 1. The average Bonchev–Trinajstić information content (AvgIpc) is 3.29. The molecule has 1 aromatic heterocycles. The zero-order valence-electron chi connectivity index (χ0n) is 11.2. The Bertz CT molecular complexity index is 708. The SMILES string of the molecule is O=C(O)C(Nc1cc(=O)[nH]c(C2CC2)n1)c1ccccc1. The van der Waals surface area contributed by atoms with E-state index < -0.39 is 12.0 Å². The molecule has 0 aliphatic heterocycles. The first-order valence-electron chi connectivity index (χ1n) is 6.79. The number of aromatic nitrogens is 2. The molecule has 3 N–H and O–H groups in total. The van der Waals surface area contributed by atoms with Crippen LogP contribution in [0, 0.1) is 0 Å². The molecule has 0 amide bonds. The van der Waals surface area contributed by atoms with Crippen molar-refractivity contribution in [1.82, 2.24) is 9.97 Å². The highest BCUT2D eigenvalue weighted by Gasteiger charge is 2.27. The molecule has 6 nitrogen and oxygen atoms in total. The van der Waals surface area contributed by atoms with E-state index in [2.05, 4.69) is 15.3 Å². The second-order valence-corrected chi connectivity index (χ2v) is 5.12. The van der Waals surface area contributed by atoms with Gasteiger partial charge in [0.15, 0.2) is 6.04 Å². The van der Waals surface area contributed by atoms with Gasteiger partial charge in [-0.3, -0.25) is 4.79 Å². The van der Waals surface area contributed by atoms with Crippen molar-refractivity contribution in [3.05, 3.63) is 58.1 Å². The number of H-pyrrole nitrogens is 1. The molecule has 108 valence electrons. The number of carbonyl (C=O) groups is 1. The van der Waals surface area contributed by atoms with E-state index >= 15 is 0 Å². The molecule has 6 heteroatoms. The average molecular weight is 285 g/mol. The Morgan fingerprint density at radius 1 is 1.33 bits per heavy atom. The van der Waals surface area contributed by atoms with E-state index in [-0.39, 0.29) is 11.4 Å².